The van der Waals surface area contributed by atoms with Crippen LogP contribution in [0.15, 0.2) is 0 Å². The van der Waals surface area contributed by atoms with Gasteiger partial charge in [0.1, 0.15) is 0 Å². The molecule has 0 radical (unpaired) electrons. The lowest BCUT2D eigenvalue weighted by Crippen LogP contribution is -2.14. The summed E-state index contributed by atoms with van der Waals surface area (Å²) >= 11 is 0. The van der Waals surface area contributed by atoms with Gasteiger partial charge < -0.3 is 11.5 Å². The summed E-state index contributed by atoms with van der Waals surface area (Å²) in [5, 5.41) is 0. The molecule has 0 fully saturated rings. The van der Waals surface area contributed by atoms with Crippen LogP contribution in [0.3, 0.4) is 0 Å². The zero-order chi connectivity index (χ0) is 10.1. The molecule has 0 heterocycles. The largest absolute Gasteiger partial charge is 0.330 e. The normalized spacial score (nSPS) is 15.7. The fourth-order valence-corrected chi connectivity index (χ4v) is 1.43. The lowest BCUT2D eigenvalue weighted by atomic mass is 10.0. The molecule has 0 amide bonds. The SMILES string of the molecule is CC(N)CCCCCCC(C)CN. The topological polar surface area (TPSA) is 52.0 Å². The second kappa shape index (κ2) is 8.52. The van der Waals surface area contributed by atoms with Crippen LogP contribution in [-0.2, 0) is 0 Å². The molecule has 0 saturated heterocycles. The number of nitrogens with two attached hydrogens (primary N) is 2. The third-order valence-corrected chi connectivity index (χ3v) is 2.51. The van der Waals surface area contributed by atoms with Crippen LogP contribution < -0.4 is 11.5 Å². The molecular weight excluding hydrogens is 160 g/mol. The molecule has 0 aromatic carbocycles. The highest BCUT2D eigenvalue weighted by atomic mass is 14.6. The molecule has 0 saturated carbocycles. The first-order valence-electron chi connectivity index (χ1n) is 5.62. The molecular formula is C11H26N2. The Morgan fingerprint density at radius 2 is 1.46 bits per heavy atom. The number of unbranched alkanes of at least 4 members (excludes halogenated alkanes) is 3. The van der Waals surface area contributed by atoms with Crippen molar-refractivity contribution in [2.24, 2.45) is 17.4 Å². The summed E-state index contributed by atoms with van der Waals surface area (Å²) in [5.41, 5.74) is 11.2. The summed E-state index contributed by atoms with van der Waals surface area (Å²) in [6.45, 7) is 5.14. The lowest BCUT2D eigenvalue weighted by Gasteiger charge is -2.08. The zero-order valence-corrected chi connectivity index (χ0v) is 9.26. The Labute approximate surface area is 83.1 Å². The molecule has 0 rings (SSSR count). The van der Waals surface area contributed by atoms with Gasteiger partial charge in [0.05, 0.1) is 0 Å². The predicted octanol–water partition coefficient (Wildman–Crippen LogP) is 2.27. The molecule has 0 aromatic heterocycles. The van der Waals surface area contributed by atoms with Crippen molar-refractivity contribution in [3.63, 3.8) is 0 Å². The van der Waals surface area contributed by atoms with Crippen molar-refractivity contribution >= 4 is 0 Å². The van der Waals surface area contributed by atoms with Crippen LogP contribution in [0.1, 0.15) is 52.4 Å². The van der Waals surface area contributed by atoms with Crippen molar-refractivity contribution in [3.8, 4) is 0 Å². The quantitative estimate of drug-likeness (QED) is 0.571. The molecule has 2 atom stereocenters. The van der Waals surface area contributed by atoms with Crippen molar-refractivity contribution in [3.05, 3.63) is 0 Å². The van der Waals surface area contributed by atoms with E-state index in [2.05, 4.69) is 13.8 Å². The van der Waals surface area contributed by atoms with Gasteiger partial charge in [0.25, 0.3) is 0 Å². The third-order valence-electron chi connectivity index (χ3n) is 2.51. The number of hydrogen-bond acceptors (Lipinski definition) is 2. The lowest BCUT2D eigenvalue weighted by molar-refractivity contribution is 0.485. The summed E-state index contributed by atoms with van der Waals surface area (Å²) in [7, 11) is 0. The van der Waals surface area contributed by atoms with Crippen LogP contribution in [0.4, 0.5) is 0 Å². The van der Waals surface area contributed by atoms with E-state index in [-0.39, 0.29) is 0 Å². The molecule has 2 nitrogen and oxygen atoms in total. The minimum absolute atomic E-state index is 0.378. The molecule has 4 N–H and O–H groups in total. The van der Waals surface area contributed by atoms with Crippen molar-refractivity contribution < 1.29 is 0 Å². The zero-order valence-electron chi connectivity index (χ0n) is 9.26. The third kappa shape index (κ3) is 9.84. The smallest absolute Gasteiger partial charge is 0.00104 e. The Hall–Kier alpha value is -0.0800. The average Bonchev–Trinajstić information content (AvgIpc) is 2.10. The fraction of sp³-hybridized carbons (Fsp3) is 1.00. The van der Waals surface area contributed by atoms with E-state index in [9.17, 15) is 0 Å². The number of hydrogen-bond donors (Lipinski definition) is 2. The molecule has 0 aliphatic carbocycles. The molecule has 0 aromatic rings. The predicted molar refractivity (Wildman–Crippen MR) is 59.6 cm³/mol. The van der Waals surface area contributed by atoms with Crippen LogP contribution in [0.25, 0.3) is 0 Å². The van der Waals surface area contributed by atoms with Gasteiger partial charge in [-0.25, -0.2) is 0 Å². The van der Waals surface area contributed by atoms with E-state index in [1.54, 1.807) is 0 Å². The van der Waals surface area contributed by atoms with Crippen LogP contribution in [0.2, 0.25) is 0 Å². The Morgan fingerprint density at radius 1 is 0.923 bits per heavy atom. The van der Waals surface area contributed by atoms with Gasteiger partial charge in [-0.15, -0.1) is 0 Å². The van der Waals surface area contributed by atoms with Gasteiger partial charge in [-0.2, -0.15) is 0 Å². The van der Waals surface area contributed by atoms with Gasteiger partial charge >= 0.3 is 0 Å². The molecule has 13 heavy (non-hydrogen) atoms. The van der Waals surface area contributed by atoms with Gasteiger partial charge in [-0.05, 0) is 32.2 Å². The monoisotopic (exact) mass is 186 g/mol. The summed E-state index contributed by atoms with van der Waals surface area (Å²) in [4.78, 5) is 0. The van der Waals surface area contributed by atoms with Crippen molar-refractivity contribution in [2.45, 2.75) is 58.4 Å². The van der Waals surface area contributed by atoms with Gasteiger partial charge in [0, 0.05) is 6.04 Å². The van der Waals surface area contributed by atoms with Crippen molar-refractivity contribution in [2.75, 3.05) is 6.54 Å². The van der Waals surface area contributed by atoms with Gasteiger partial charge in [-0.3, -0.25) is 0 Å². The Balaban J connectivity index is 2.99. The average molecular weight is 186 g/mol. The molecule has 0 aliphatic heterocycles. The highest BCUT2D eigenvalue weighted by Gasteiger charge is 1.98. The van der Waals surface area contributed by atoms with E-state index in [1.165, 1.54) is 38.5 Å². The van der Waals surface area contributed by atoms with Gasteiger partial charge in [0.15, 0.2) is 0 Å². The Morgan fingerprint density at radius 3 is 1.92 bits per heavy atom. The minimum atomic E-state index is 0.378. The van der Waals surface area contributed by atoms with Crippen LogP contribution >= 0.6 is 0 Å². The van der Waals surface area contributed by atoms with E-state index >= 15 is 0 Å². The highest BCUT2D eigenvalue weighted by molar-refractivity contribution is 4.56. The minimum Gasteiger partial charge on any atom is -0.330 e. The molecule has 2 unspecified atom stereocenters. The Bertz CT molecular complexity index is 102. The van der Waals surface area contributed by atoms with E-state index in [0.717, 1.165) is 6.54 Å². The van der Waals surface area contributed by atoms with E-state index < -0.39 is 0 Å². The van der Waals surface area contributed by atoms with Gasteiger partial charge in [-0.1, -0.05) is 32.6 Å². The van der Waals surface area contributed by atoms with E-state index in [4.69, 9.17) is 11.5 Å². The van der Waals surface area contributed by atoms with Crippen LogP contribution in [0, 0.1) is 5.92 Å². The Kier molecular flexibility index (Phi) is 8.46. The summed E-state index contributed by atoms with van der Waals surface area (Å²) < 4.78 is 0. The van der Waals surface area contributed by atoms with E-state index in [1.807, 2.05) is 0 Å². The summed E-state index contributed by atoms with van der Waals surface area (Å²) in [6, 6.07) is 0.378. The van der Waals surface area contributed by atoms with Crippen molar-refractivity contribution in [1.82, 2.24) is 0 Å². The molecule has 2 heteroatoms. The second-order valence-electron chi connectivity index (χ2n) is 4.31. The first-order chi connectivity index (χ1) is 6.16. The fourth-order valence-electron chi connectivity index (χ4n) is 1.43. The maximum absolute atomic E-state index is 5.66. The standard InChI is InChI=1S/C11H26N2/c1-10(9-12)7-5-3-4-6-8-11(2)13/h10-11H,3-9,12-13H2,1-2H3. The van der Waals surface area contributed by atoms with Crippen LogP contribution in [0.5, 0.6) is 0 Å². The maximum atomic E-state index is 5.66. The molecule has 0 bridgehead atoms. The van der Waals surface area contributed by atoms with Crippen LogP contribution in [-0.4, -0.2) is 12.6 Å². The first-order valence-corrected chi connectivity index (χ1v) is 5.62. The maximum Gasteiger partial charge on any atom is 0.00104 e. The number of rotatable bonds is 8. The molecule has 0 spiro atoms. The molecule has 80 valence electrons. The van der Waals surface area contributed by atoms with E-state index in [0.29, 0.717) is 12.0 Å². The second-order valence-corrected chi connectivity index (χ2v) is 4.31. The molecule has 0 aliphatic rings. The first kappa shape index (κ1) is 12.9. The summed E-state index contributed by atoms with van der Waals surface area (Å²) in [6.07, 6.45) is 7.75. The highest BCUT2D eigenvalue weighted by Crippen LogP contribution is 2.10. The van der Waals surface area contributed by atoms with Crippen molar-refractivity contribution in [1.29, 1.82) is 0 Å². The van der Waals surface area contributed by atoms with Gasteiger partial charge in [0.2, 0.25) is 0 Å². The summed E-state index contributed by atoms with van der Waals surface area (Å²) in [5.74, 6) is 0.702.